The van der Waals surface area contributed by atoms with E-state index >= 15 is 0 Å². The van der Waals surface area contributed by atoms with Crippen LogP contribution in [0.15, 0.2) is 12.3 Å². The van der Waals surface area contributed by atoms with Crippen LogP contribution in [0.1, 0.15) is 25.6 Å². The van der Waals surface area contributed by atoms with E-state index < -0.39 is 0 Å². The second-order valence-electron chi connectivity index (χ2n) is 4.00. The highest BCUT2D eigenvalue weighted by molar-refractivity contribution is 6.31. The Kier molecular flexibility index (Phi) is 3.97. The van der Waals surface area contributed by atoms with Crippen molar-refractivity contribution in [1.82, 2.24) is 14.5 Å². The van der Waals surface area contributed by atoms with Crippen molar-refractivity contribution in [2.45, 2.75) is 32.7 Å². The third-order valence-corrected chi connectivity index (χ3v) is 2.91. The summed E-state index contributed by atoms with van der Waals surface area (Å²) in [5, 5.41) is 9.69. The monoisotopic (exact) mass is 253 g/mol. The molecule has 0 aliphatic rings. The van der Waals surface area contributed by atoms with Gasteiger partial charge in [-0.2, -0.15) is 0 Å². The van der Waals surface area contributed by atoms with Gasteiger partial charge in [0.15, 0.2) is 5.65 Å². The number of aromatic nitrogens is 3. The van der Waals surface area contributed by atoms with Crippen LogP contribution in [0.2, 0.25) is 5.02 Å². The Labute approximate surface area is 105 Å². The highest BCUT2D eigenvalue weighted by atomic mass is 35.5. The van der Waals surface area contributed by atoms with Gasteiger partial charge in [-0.1, -0.05) is 24.9 Å². The van der Waals surface area contributed by atoms with Crippen molar-refractivity contribution in [3.63, 3.8) is 0 Å². The number of aryl methyl sites for hydroxylation is 1. The van der Waals surface area contributed by atoms with Gasteiger partial charge in [-0.3, -0.25) is 0 Å². The molecule has 4 nitrogen and oxygen atoms in total. The summed E-state index contributed by atoms with van der Waals surface area (Å²) in [7, 11) is 0. The molecule has 0 radical (unpaired) electrons. The highest BCUT2D eigenvalue weighted by Crippen LogP contribution is 2.19. The molecule has 2 heterocycles. The van der Waals surface area contributed by atoms with Gasteiger partial charge in [0.2, 0.25) is 0 Å². The molecule has 5 heteroatoms. The number of aliphatic hydroxyl groups excluding tert-OH is 1. The minimum atomic E-state index is 0.0922. The van der Waals surface area contributed by atoms with Crippen molar-refractivity contribution in [2.24, 2.45) is 0 Å². The van der Waals surface area contributed by atoms with Crippen LogP contribution < -0.4 is 0 Å². The topological polar surface area (TPSA) is 50.9 Å². The van der Waals surface area contributed by atoms with Crippen molar-refractivity contribution in [3.8, 4) is 0 Å². The Morgan fingerprint density at radius 3 is 3.00 bits per heavy atom. The number of aliphatic hydroxyl groups is 1. The lowest BCUT2D eigenvalue weighted by Crippen LogP contribution is -2.07. The van der Waals surface area contributed by atoms with E-state index in [4.69, 9.17) is 16.7 Å². The van der Waals surface area contributed by atoms with Gasteiger partial charge in [-0.15, -0.1) is 0 Å². The van der Waals surface area contributed by atoms with Gasteiger partial charge in [0.1, 0.15) is 11.3 Å². The van der Waals surface area contributed by atoms with Crippen LogP contribution in [0.3, 0.4) is 0 Å². The molecule has 2 aromatic heterocycles. The summed E-state index contributed by atoms with van der Waals surface area (Å²) in [5.41, 5.74) is 1.60. The molecule has 0 aliphatic carbocycles. The number of fused-ring (bicyclic) bond motifs is 1. The van der Waals surface area contributed by atoms with Gasteiger partial charge in [-0.05, 0) is 12.5 Å². The van der Waals surface area contributed by atoms with Gasteiger partial charge in [-0.25, -0.2) is 9.97 Å². The van der Waals surface area contributed by atoms with Gasteiger partial charge in [0, 0.05) is 19.2 Å². The summed E-state index contributed by atoms with van der Waals surface area (Å²) in [6.45, 7) is 2.77. The minimum Gasteiger partial charge on any atom is -0.395 e. The predicted molar refractivity (Wildman–Crippen MR) is 68.2 cm³/mol. The fourth-order valence-electron chi connectivity index (χ4n) is 1.89. The van der Waals surface area contributed by atoms with E-state index in [0.29, 0.717) is 11.6 Å². The molecule has 92 valence electrons. The summed E-state index contributed by atoms with van der Waals surface area (Å²) < 4.78 is 1.97. The van der Waals surface area contributed by atoms with Crippen LogP contribution in [0.4, 0.5) is 0 Å². The molecule has 0 saturated carbocycles. The first kappa shape index (κ1) is 12.3. The second kappa shape index (κ2) is 5.47. The molecule has 0 aromatic carbocycles. The molecular weight excluding hydrogens is 238 g/mol. The first-order chi connectivity index (χ1) is 8.26. The van der Waals surface area contributed by atoms with E-state index in [0.717, 1.165) is 36.3 Å². The Hall–Kier alpha value is -1.13. The molecule has 1 N–H and O–H groups in total. The molecule has 0 saturated heterocycles. The number of halogens is 1. The number of nitrogens with zero attached hydrogens (tertiary/aromatic N) is 3. The molecule has 2 rings (SSSR count). The molecule has 0 aliphatic heterocycles. The molecular formula is C12H16ClN3O. The van der Waals surface area contributed by atoms with E-state index in [-0.39, 0.29) is 6.61 Å². The molecule has 0 amide bonds. The minimum absolute atomic E-state index is 0.0922. The lowest BCUT2D eigenvalue weighted by molar-refractivity contribution is 0.275. The van der Waals surface area contributed by atoms with E-state index in [9.17, 15) is 0 Å². The molecule has 0 atom stereocenters. The van der Waals surface area contributed by atoms with Gasteiger partial charge in [0.25, 0.3) is 0 Å². The number of pyridine rings is 1. The zero-order chi connectivity index (χ0) is 12.3. The number of unbranched alkanes of at least 4 members (excludes halogenated alkanes) is 1. The van der Waals surface area contributed by atoms with Crippen LogP contribution >= 0.6 is 11.6 Å². The first-order valence-corrected chi connectivity index (χ1v) is 6.25. The zero-order valence-corrected chi connectivity index (χ0v) is 10.6. The number of hydrogen-bond acceptors (Lipinski definition) is 3. The normalized spacial score (nSPS) is 11.2. The largest absolute Gasteiger partial charge is 0.395 e. The lowest BCUT2D eigenvalue weighted by Gasteiger charge is -2.05. The number of imidazole rings is 1. The van der Waals surface area contributed by atoms with E-state index in [1.807, 2.05) is 10.6 Å². The average Bonchev–Trinajstić information content (AvgIpc) is 2.64. The summed E-state index contributed by atoms with van der Waals surface area (Å²) in [6, 6.07) is 1.81. The van der Waals surface area contributed by atoms with Crippen molar-refractivity contribution in [2.75, 3.05) is 6.61 Å². The predicted octanol–water partition coefficient (Wildman–Crippen LogP) is 2.42. The van der Waals surface area contributed by atoms with Crippen LogP contribution in [-0.2, 0) is 13.0 Å². The van der Waals surface area contributed by atoms with Gasteiger partial charge in [0.05, 0.1) is 11.6 Å². The Morgan fingerprint density at radius 1 is 1.47 bits per heavy atom. The summed E-state index contributed by atoms with van der Waals surface area (Å²) in [6.07, 6.45) is 4.73. The van der Waals surface area contributed by atoms with Crippen molar-refractivity contribution in [3.05, 3.63) is 23.1 Å². The number of hydrogen-bond donors (Lipinski definition) is 1. The van der Waals surface area contributed by atoms with E-state index in [1.54, 1.807) is 6.20 Å². The van der Waals surface area contributed by atoms with Crippen molar-refractivity contribution < 1.29 is 5.11 Å². The lowest BCUT2D eigenvalue weighted by atomic mass is 10.2. The maximum atomic E-state index is 9.10. The zero-order valence-electron chi connectivity index (χ0n) is 9.86. The smallest absolute Gasteiger partial charge is 0.160 e. The summed E-state index contributed by atoms with van der Waals surface area (Å²) >= 11 is 5.90. The SMILES string of the molecule is CCCCc1nc2cc(Cl)cnc2n1CCO. The van der Waals surface area contributed by atoms with Crippen LogP contribution in [-0.4, -0.2) is 26.2 Å². The fourth-order valence-corrected chi connectivity index (χ4v) is 2.05. The summed E-state index contributed by atoms with van der Waals surface area (Å²) in [5.74, 6) is 0.977. The molecule has 0 unspecified atom stereocenters. The van der Waals surface area contributed by atoms with E-state index in [2.05, 4.69) is 16.9 Å². The molecule has 2 aromatic rings. The van der Waals surface area contributed by atoms with Gasteiger partial charge < -0.3 is 9.67 Å². The highest BCUT2D eigenvalue weighted by Gasteiger charge is 2.11. The molecule has 17 heavy (non-hydrogen) atoms. The van der Waals surface area contributed by atoms with Crippen molar-refractivity contribution >= 4 is 22.8 Å². The van der Waals surface area contributed by atoms with Crippen LogP contribution in [0.25, 0.3) is 11.2 Å². The molecule has 0 fully saturated rings. The van der Waals surface area contributed by atoms with Crippen molar-refractivity contribution in [1.29, 1.82) is 0 Å². The molecule has 0 bridgehead atoms. The summed E-state index contributed by atoms with van der Waals surface area (Å²) in [4.78, 5) is 8.82. The maximum Gasteiger partial charge on any atom is 0.160 e. The molecule has 0 spiro atoms. The Balaban J connectivity index is 2.45. The van der Waals surface area contributed by atoms with Gasteiger partial charge >= 0.3 is 0 Å². The fraction of sp³-hybridized carbons (Fsp3) is 0.500. The third kappa shape index (κ3) is 2.58. The van der Waals surface area contributed by atoms with E-state index in [1.165, 1.54) is 0 Å². The third-order valence-electron chi connectivity index (χ3n) is 2.71. The van der Waals surface area contributed by atoms with Crippen LogP contribution in [0, 0.1) is 0 Å². The number of rotatable bonds is 5. The van der Waals surface area contributed by atoms with Crippen LogP contribution in [0.5, 0.6) is 0 Å². The first-order valence-electron chi connectivity index (χ1n) is 5.87. The second-order valence-corrected chi connectivity index (χ2v) is 4.44. The quantitative estimate of drug-likeness (QED) is 0.890. The Bertz CT molecular complexity index is 510. The Morgan fingerprint density at radius 2 is 2.29 bits per heavy atom. The maximum absolute atomic E-state index is 9.10. The standard InChI is InChI=1S/C12H16ClN3O/c1-2-3-4-11-15-10-7-9(13)8-14-12(10)16(11)5-6-17/h7-8,17H,2-6H2,1H3. The average molecular weight is 254 g/mol.